The van der Waals surface area contributed by atoms with Crippen LogP contribution in [0.4, 0.5) is 27.6 Å². The lowest BCUT2D eigenvalue weighted by molar-refractivity contribution is -0.207. The quantitative estimate of drug-likeness (QED) is 0.347. The lowest BCUT2D eigenvalue weighted by Gasteiger charge is -2.19. The molecule has 0 spiro atoms. The van der Waals surface area contributed by atoms with Crippen molar-refractivity contribution >= 4 is 17.5 Å². The summed E-state index contributed by atoms with van der Waals surface area (Å²) in [5.41, 5.74) is -0.283. The third-order valence-electron chi connectivity index (χ3n) is 6.85. The molecule has 42 heavy (non-hydrogen) atoms. The summed E-state index contributed by atoms with van der Waals surface area (Å²) in [4.78, 5) is 40.7. The van der Waals surface area contributed by atoms with Gasteiger partial charge in [0.2, 0.25) is 5.91 Å². The molecule has 2 aromatic carbocycles. The van der Waals surface area contributed by atoms with Gasteiger partial charge in [-0.1, -0.05) is 12.1 Å². The fourth-order valence-electron chi connectivity index (χ4n) is 4.68. The Labute approximate surface area is 236 Å². The number of nitrogens with one attached hydrogen (secondary N) is 1. The molecule has 9 nitrogen and oxygen atoms in total. The van der Waals surface area contributed by atoms with Gasteiger partial charge in [0, 0.05) is 30.8 Å². The number of aliphatic hydroxyl groups excluding tert-OH is 1. The topological polar surface area (TPSA) is 110 Å². The van der Waals surface area contributed by atoms with Crippen LogP contribution >= 0.6 is 0 Å². The van der Waals surface area contributed by atoms with Crippen LogP contribution < -0.4 is 25.2 Å². The molecule has 2 N–H and O–H groups in total. The van der Waals surface area contributed by atoms with Gasteiger partial charge in [0.1, 0.15) is 17.2 Å². The minimum atomic E-state index is -4.95. The molecule has 1 aliphatic heterocycles. The number of carbonyl (C=O) groups excluding carboxylic acids is 2. The molecule has 224 valence electrons. The van der Waals surface area contributed by atoms with Crippen molar-refractivity contribution < 1.29 is 46.1 Å². The number of halogens is 5. The maximum absolute atomic E-state index is 13.6. The number of rotatable bonds is 10. The molecule has 1 aromatic heterocycles. The zero-order valence-electron chi connectivity index (χ0n) is 22.1. The molecule has 1 aliphatic rings. The number of ether oxygens (including phenoxy) is 2. The standard InChI is InChI=1S/C28H26F5N3O6/c1-41-18-8-4-16(5-9-18)21-14-36(22-3-2-12-35(26(22)40)15-23(37)28(31,32)33)25(39)20(21)13-34-24(38)17-6-10-19(11-7-17)42-27(29)30/h2-12,20-21,23,27,37H,13-15H2,1H3,(H,34,38)/t20?,21-,23?/m0/s1. The van der Waals surface area contributed by atoms with Crippen molar-refractivity contribution in [2.45, 2.75) is 31.4 Å². The normalized spacial score (nSPS) is 17.8. The summed E-state index contributed by atoms with van der Waals surface area (Å²) in [6.07, 6.45) is -6.65. The predicted octanol–water partition coefficient (Wildman–Crippen LogP) is 3.56. The number of pyridine rings is 1. The van der Waals surface area contributed by atoms with Crippen LogP contribution in [0.25, 0.3) is 0 Å². The largest absolute Gasteiger partial charge is 0.497 e. The van der Waals surface area contributed by atoms with E-state index in [2.05, 4.69) is 10.1 Å². The van der Waals surface area contributed by atoms with Crippen LogP contribution in [-0.2, 0) is 11.3 Å². The van der Waals surface area contributed by atoms with E-state index in [9.17, 15) is 41.4 Å². The average Bonchev–Trinajstić information content (AvgIpc) is 3.28. The highest BCUT2D eigenvalue weighted by molar-refractivity contribution is 5.99. The van der Waals surface area contributed by atoms with Gasteiger partial charge in [-0.15, -0.1) is 0 Å². The number of nitrogens with zero attached hydrogens (tertiary/aromatic N) is 2. The van der Waals surface area contributed by atoms with Crippen LogP contribution in [0.3, 0.4) is 0 Å². The van der Waals surface area contributed by atoms with E-state index >= 15 is 0 Å². The number of aromatic nitrogens is 1. The summed E-state index contributed by atoms with van der Waals surface area (Å²) in [6.45, 7) is -4.28. The average molecular weight is 596 g/mol. The smallest absolute Gasteiger partial charge is 0.416 e. The first kappa shape index (κ1) is 30.5. The molecule has 2 amide bonds. The molecule has 14 heteroatoms. The predicted molar refractivity (Wildman–Crippen MR) is 140 cm³/mol. The first-order valence-corrected chi connectivity index (χ1v) is 12.6. The molecule has 3 aromatic rings. The molecule has 1 saturated heterocycles. The second-order valence-electron chi connectivity index (χ2n) is 9.46. The molecule has 1 fully saturated rings. The van der Waals surface area contributed by atoms with Crippen molar-refractivity contribution in [3.63, 3.8) is 0 Å². The Morgan fingerprint density at radius 2 is 1.69 bits per heavy atom. The molecule has 0 radical (unpaired) electrons. The number of amides is 2. The Hall–Kier alpha value is -4.46. The molecule has 2 heterocycles. The SMILES string of the molecule is COc1ccc([C@@H]2CN(c3cccn(CC(O)C(F)(F)F)c3=O)C(=O)C2CNC(=O)c2ccc(OC(F)F)cc2)cc1. The molecule has 3 atom stereocenters. The van der Waals surface area contributed by atoms with E-state index in [4.69, 9.17) is 4.74 Å². The lowest BCUT2D eigenvalue weighted by Crippen LogP contribution is -2.40. The van der Waals surface area contributed by atoms with Gasteiger partial charge >= 0.3 is 12.8 Å². The Bertz CT molecular complexity index is 1460. The number of hydrogen-bond acceptors (Lipinski definition) is 6. The van der Waals surface area contributed by atoms with Gasteiger partial charge in [-0.05, 0) is 54.1 Å². The maximum atomic E-state index is 13.6. The first-order valence-electron chi connectivity index (χ1n) is 12.6. The molecule has 2 unspecified atom stereocenters. The molecule has 0 saturated carbocycles. The summed E-state index contributed by atoms with van der Waals surface area (Å²) in [6, 6.07) is 14.3. The second kappa shape index (κ2) is 12.6. The third kappa shape index (κ3) is 6.87. The summed E-state index contributed by atoms with van der Waals surface area (Å²) in [5, 5.41) is 12.1. The highest BCUT2D eigenvalue weighted by atomic mass is 19.4. The van der Waals surface area contributed by atoms with Crippen LogP contribution in [-0.4, -0.2) is 60.6 Å². The van der Waals surface area contributed by atoms with Crippen LogP contribution in [0.1, 0.15) is 21.8 Å². The zero-order chi connectivity index (χ0) is 30.6. The van der Waals surface area contributed by atoms with E-state index in [1.54, 1.807) is 24.3 Å². The summed E-state index contributed by atoms with van der Waals surface area (Å²) in [7, 11) is 1.48. The summed E-state index contributed by atoms with van der Waals surface area (Å²) < 4.78 is 73.7. The minimum absolute atomic E-state index is 0.0214. The van der Waals surface area contributed by atoms with Crippen molar-refractivity contribution in [3.05, 3.63) is 88.3 Å². The monoisotopic (exact) mass is 595 g/mol. The lowest BCUT2D eigenvalue weighted by atomic mass is 9.88. The van der Waals surface area contributed by atoms with Gasteiger partial charge in [0.05, 0.1) is 19.6 Å². The Kier molecular flexibility index (Phi) is 9.14. The van der Waals surface area contributed by atoms with E-state index in [1.165, 1.54) is 43.5 Å². The number of aliphatic hydroxyl groups is 1. The minimum Gasteiger partial charge on any atom is -0.497 e. The van der Waals surface area contributed by atoms with Crippen LogP contribution in [0.15, 0.2) is 71.7 Å². The molecule has 4 rings (SSSR count). The summed E-state index contributed by atoms with van der Waals surface area (Å²) >= 11 is 0. The first-order chi connectivity index (χ1) is 19.9. The van der Waals surface area contributed by atoms with E-state index in [-0.39, 0.29) is 30.1 Å². The van der Waals surface area contributed by atoms with E-state index in [0.717, 1.165) is 11.1 Å². The number of benzene rings is 2. The fraction of sp³-hybridized carbons (Fsp3) is 0.321. The van der Waals surface area contributed by atoms with Gasteiger partial charge in [0.25, 0.3) is 11.5 Å². The van der Waals surface area contributed by atoms with E-state index in [1.807, 2.05) is 0 Å². The van der Waals surface area contributed by atoms with Gasteiger partial charge in [-0.3, -0.25) is 14.4 Å². The maximum Gasteiger partial charge on any atom is 0.416 e. The third-order valence-corrected chi connectivity index (χ3v) is 6.85. The molecular weight excluding hydrogens is 569 g/mol. The number of methoxy groups -OCH3 is 1. The van der Waals surface area contributed by atoms with Crippen molar-refractivity contribution in [2.75, 3.05) is 25.1 Å². The second-order valence-corrected chi connectivity index (χ2v) is 9.46. The fourth-order valence-corrected chi connectivity index (χ4v) is 4.68. The van der Waals surface area contributed by atoms with E-state index in [0.29, 0.717) is 15.9 Å². The molecule has 0 bridgehead atoms. The highest BCUT2D eigenvalue weighted by Crippen LogP contribution is 2.36. The van der Waals surface area contributed by atoms with Gasteiger partial charge in [0.15, 0.2) is 6.10 Å². The van der Waals surface area contributed by atoms with Crippen molar-refractivity contribution in [1.29, 1.82) is 0 Å². The number of alkyl halides is 5. The van der Waals surface area contributed by atoms with Crippen LogP contribution in [0.2, 0.25) is 0 Å². The van der Waals surface area contributed by atoms with Gasteiger partial charge in [-0.25, -0.2) is 0 Å². The number of anilines is 1. The molecular formula is C28H26F5N3O6. The van der Waals surface area contributed by atoms with Gasteiger partial charge in [-0.2, -0.15) is 22.0 Å². The van der Waals surface area contributed by atoms with Crippen LogP contribution in [0.5, 0.6) is 11.5 Å². The van der Waals surface area contributed by atoms with Crippen LogP contribution in [0, 0.1) is 5.92 Å². The van der Waals surface area contributed by atoms with E-state index < -0.39 is 54.6 Å². The number of carbonyl (C=O) groups is 2. The Morgan fingerprint density at radius 1 is 1.05 bits per heavy atom. The van der Waals surface area contributed by atoms with Crippen molar-refractivity contribution in [2.24, 2.45) is 5.92 Å². The van der Waals surface area contributed by atoms with Gasteiger partial charge < -0.3 is 29.4 Å². The summed E-state index contributed by atoms with van der Waals surface area (Å²) in [5.74, 6) is -2.15. The van der Waals surface area contributed by atoms with Crippen molar-refractivity contribution in [3.8, 4) is 11.5 Å². The highest BCUT2D eigenvalue weighted by Gasteiger charge is 2.43. The Balaban J connectivity index is 1.59. The van der Waals surface area contributed by atoms with Crippen molar-refractivity contribution in [1.82, 2.24) is 9.88 Å². The zero-order valence-corrected chi connectivity index (χ0v) is 22.1. The number of hydrogen-bond donors (Lipinski definition) is 2. The Morgan fingerprint density at radius 3 is 2.29 bits per heavy atom. The molecule has 0 aliphatic carbocycles.